The number of para-hydroxylation sites is 1. The minimum Gasteiger partial charge on any atom is -0.314 e. The van der Waals surface area contributed by atoms with Crippen molar-refractivity contribution in [2.75, 3.05) is 4.90 Å². The van der Waals surface area contributed by atoms with Crippen LogP contribution in [0, 0.1) is 0 Å². The molecule has 0 unspecified atom stereocenters. The number of benzene rings is 5. The molecule has 11 rings (SSSR count). The van der Waals surface area contributed by atoms with Gasteiger partial charge in [-0.05, 0) is 245 Å². The second kappa shape index (κ2) is 21.2. The quantitative estimate of drug-likeness (QED) is 0.0792. The van der Waals surface area contributed by atoms with E-state index in [1.54, 1.807) is 0 Å². The standard InChI is InChI=1S/C72H73N/c1-7-23-55(44-49(4)39-38-48(3)8-2)69-60-29-13-17-33-64(60)71(65-34-18-14-30-61(65)69)57-42-40-54-47-58(43-41-53(54)46-57)72-66-35-19-15-31-62(66)70(63-32-16-20-36-67(63)72)56-26-22-25-52(45-56)51(6)73(59-27-10-9-11-28-59)68-37-21-12-24-50(68)5/h8-13,15,17,19,24-25,27-36,44-47H,4,6-7,14,16,18,20-23,26,37-43H2,1-3,5H3/b48-8-,55-44+. The zero-order valence-electron chi connectivity index (χ0n) is 44.1. The van der Waals surface area contributed by atoms with E-state index in [0.29, 0.717) is 0 Å². The first kappa shape index (κ1) is 48.3. The summed E-state index contributed by atoms with van der Waals surface area (Å²) >= 11 is 0. The SMILES string of the molecule is C=C(/C=C(\CCC)c1c2c(c(C3=CC4=C(C=C(c5c6c(c(C7=CC(C(=C)N(C8=C(C)C=CCC8)c8ccccc8)=CCC7)c7ccccc57)=CCCC=6)CC4)CC3)c3ccccc13)=CCCC=2)CC/C(C)=C\C. The topological polar surface area (TPSA) is 3.24 Å². The second-order valence-corrected chi connectivity index (χ2v) is 21.4. The van der Waals surface area contributed by atoms with E-state index in [0.717, 1.165) is 108 Å². The minimum absolute atomic E-state index is 0.996. The van der Waals surface area contributed by atoms with E-state index in [4.69, 9.17) is 6.58 Å². The molecule has 0 fully saturated rings. The molecule has 0 saturated heterocycles. The fourth-order valence-corrected chi connectivity index (χ4v) is 13.0. The van der Waals surface area contributed by atoms with Gasteiger partial charge in [0, 0.05) is 17.1 Å². The van der Waals surface area contributed by atoms with Gasteiger partial charge in [-0.3, -0.25) is 0 Å². The minimum atomic E-state index is 0.996. The average molecular weight is 952 g/mol. The summed E-state index contributed by atoms with van der Waals surface area (Å²) in [4.78, 5) is 2.43. The van der Waals surface area contributed by atoms with E-state index in [-0.39, 0.29) is 0 Å². The lowest BCUT2D eigenvalue weighted by Gasteiger charge is -2.33. The Labute approximate surface area is 435 Å². The zero-order valence-corrected chi connectivity index (χ0v) is 44.1. The number of rotatable bonds is 14. The molecule has 1 heteroatoms. The van der Waals surface area contributed by atoms with Crippen molar-refractivity contribution < 1.29 is 0 Å². The maximum Gasteiger partial charge on any atom is 0.0458 e. The third-order valence-electron chi connectivity index (χ3n) is 16.6. The van der Waals surface area contributed by atoms with Crippen LogP contribution in [-0.4, -0.2) is 0 Å². The van der Waals surface area contributed by atoms with Crippen LogP contribution in [0.25, 0.3) is 68.1 Å². The molecule has 73 heavy (non-hydrogen) atoms. The Balaban J connectivity index is 0.983. The molecule has 0 atom stereocenters. The summed E-state index contributed by atoms with van der Waals surface area (Å²) in [5.74, 6) is 0. The number of hydrogen-bond donors (Lipinski definition) is 0. The van der Waals surface area contributed by atoms with Crippen LogP contribution in [0.15, 0.2) is 185 Å². The molecule has 366 valence electrons. The lowest BCUT2D eigenvalue weighted by atomic mass is 9.77. The number of anilines is 1. The molecule has 0 bridgehead atoms. The van der Waals surface area contributed by atoms with Crippen molar-refractivity contribution >= 4 is 73.8 Å². The highest BCUT2D eigenvalue weighted by Crippen LogP contribution is 2.43. The first-order valence-electron chi connectivity index (χ1n) is 27.8. The third-order valence-corrected chi connectivity index (χ3v) is 16.6. The molecular formula is C72H73N. The summed E-state index contributed by atoms with van der Waals surface area (Å²) in [6, 6.07) is 29.5. The van der Waals surface area contributed by atoms with E-state index in [2.05, 4.69) is 191 Å². The molecule has 0 heterocycles. The van der Waals surface area contributed by atoms with Crippen LogP contribution in [0.2, 0.25) is 0 Å². The maximum absolute atomic E-state index is 4.86. The summed E-state index contributed by atoms with van der Waals surface area (Å²) in [6.45, 7) is 18.4. The molecule has 0 saturated carbocycles. The largest absolute Gasteiger partial charge is 0.314 e. The van der Waals surface area contributed by atoms with Gasteiger partial charge in [-0.25, -0.2) is 0 Å². The zero-order chi connectivity index (χ0) is 50.0. The van der Waals surface area contributed by atoms with E-state index in [1.165, 1.54) is 132 Å². The highest BCUT2D eigenvalue weighted by atomic mass is 15.2. The number of allylic oxidation sites excluding steroid dienone is 18. The molecule has 6 aliphatic rings. The Morgan fingerprint density at radius 2 is 1.11 bits per heavy atom. The van der Waals surface area contributed by atoms with Crippen molar-refractivity contribution in [1.29, 1.82) is 0 Å². The first-order chi connectivity index (χ1) is 35.8. The van der Waals surface area contributed by atoms with Crippen LogP contribution < -0.4 is 25.8 Å². The summed E-state index contributed by atoms with van der Waals surface area (Å²) in [5.41, 5.74) is 23.5. The highest BCUT2D eigenvalue weighted by Gasteiger charge is 2.27. The van der Waals surface area contributed by atoms with Crippen molar-refractivity contribution in [3.8, 4) is 0 Å². The molecule has 5 aromatic rings. The smallest absolute Gasteiger partial charge is 0.0458 e. The Bertz CT molecular complexity index is 3670. The Kier molecular flexibility index (Phi) is 14.1. The summed E-state index contributed by atoms with van der Waals surface area (Å²) < 4.78 is 0. The van der Waals surface area contributed by atoms with Gasteiger partial charge in [-0.1, -0.05) is 171 Å². The van der Waals surface area contributed by atoms with Gasteiger partial charge >= 0.3 is 0 Å². The monoisotopic (exact) mass is 952 g/mol. The average Bonchev–Trinajstić information content (AvgIpc) is 3.43. The van der Waals surface area contributed by atoms with Gasteiger partial charge in [-0.15, -0.1) is 0 Å². The summed E-state index contributed by atoms with van der Waals surface area (Å²) in [6.07, 6.45) is 46.5. The summed E-state index contributed by atoms with van der Waals surface area (Å²) in [7, 11) is 0. The molecule has 0 aliphatic heterocycles. The molecular weight excluding hydrogens is 879 g/mol. The summed E-state index contributed by atoms with van der Waals surface area (Å²) in [5, 5.41) is 11.3. The molecule has 0 aromatic heterocycles. The third kappa shape index (κ3) is 9.38. The second-order valence-electron chi connectivity index (χ2n) is 21.4. The number of nitrogens with zero attached hydrogens (tertiary/aromatic N) is 1. The molecule has 6 aliphatic carbocycles. The van der Waals surface area contributed by atoms with Crippen LogP contribution in [0.5, 0.6) is 0 Å². The fourth-order valence-electron chi connectivity index (χ4n) is 13.0. The predicted molar refractivity (Wildman–Crippen MR) is 319 cm³/mol. The van der Waals surface area contributed by atoms with Gasteiger partial charge in [0.15, 0.2) is 0 Å². The van der Waals surface area contributed by atoms with Crippen LogP contribution in [0.4, 0.5) is 5.69 Å². The lowest BCUT2D eigenvalue weighted by molar-refractivity contribution is 0.877. The van der Waals surface area contributed by atoms with Gasteiger partial charge in [0.1, 0.15) is 0 Å². The van der Waals surface area contributed by atoms with Crippen molar-refractivity contribution in [3.05, 3.63) is 229 Å². The van der Waals surface area contributed by atoms with E-state index >= 15 is 0 Å². The predicted octanol–water partition coefficient (Wildman–Crippen LogP) is 17.3. The molecule has 0 radical (unpaired) electrons. The Hall–Kier alpha value is -6.96. The van der Waals surface area contributed by atoms with Crippen molar-refractivity contribution in [2.45, 2.75) is 130 Å². The molecule has 0 N–H and O–H groups in total. The molecule has 0 amide bonds. The van der Waals surface area contributed by atoms with Crippen LogP contribution in [-0.2, 0) is 0 Å². The Morgan fingerprint density at radius 3 is 1.70 bits per heavy atom. The fraction of sp³-hybridized carbons (Fsp3) is 0.278. The molecule has 1 nitrogen and oxygen atoms in total. The van der Waals surface area contributed by atoms with Gasteiger partial charge in [0.25, 0.3) is 0 Å². The number of hydrogen-bond acceptors (Lipinski definition) is 1. The van der Waals surface area contributed by atoms with E-state index in [9.17, 15) is 0 Å². The number of fused-ring (bicyclic) bond motifs is 4. The Morgan fingerprint density at radius 1 is 0.562 bits per heavy atom. The highest BCUT2D eigenvalue weighted by molar-refractivity contribution is 6.04. The molecule has 0 spiro atoms. The first-order valence-corrected chi connectivity index (χ1v) is 27.8. The normalized spacial score (nSPS) is 17.8. The molecule has 5 aromatic carbocycles. The van der Waals surface area contributed by atoms with Crippen LogP contribution in [0.1, 0.15) is 153 Å². The van der Waals surface area contributed by atoms with Crippen LogP contribution >= 0.6 is 0 Å². The van der Waals surface area contributed by atoms with Gasteiger partial charge in [0.05, 0.1) is 0 Å². The van der Waals surface area contributed by atoms with Gasteiger partial charge in [-0.2, -0.15) is 0 Å². The van der Waals surface area contributed by atoms with Crippen molar-refractivity contribution in [3.63, 3.8) is 0 Å². The van der Waals surface area contributed by atoms with Gasteiger partial charge < -0.3 is 4.90 Å². The van der Waals surface area contributed by atoms with Crippen molar-refractivity contribution in [2.24, 2.45) is 0 Å². The van der Waals surface area contributed by atoms with Crippen LogP contribution in [0.3, 0.4) is 0 Å². The van der Waals surface area contributed by atoms with E-state index < -0.39 is 0 Å². The van der Waals surface area contributed by atoms with Gasteiger partial charge in [0.2, 0.25) is 0 Å². The van der Waals surface area contributed by atoms with E-state index in [1.807, 2.05) is 0 Å². The lowest BCUT2D eigenvalue weighted by Crippen LogP contribution is -2.35. The maximum atomic E-state index is 4.86. The van der Waals surface area contributed by atoms with Crippen molar-refractivity contribution in [1.82, 2.24) is 0 Å².